The van der Waals surface area contributed by atoms with Crippen LogP contribution in [0.5, 0.6) is 0 Å². The van der Waals surface area contributed by atoms with Crippen molar-refractivity contribution in [3.8, 4) is 0 Å². The van der Waals surface area contributed by atoms with E-state index >= 15 is 0 Å². The Kier molecular flexibility index (Phi) is 5.91. The minimum absolute atomic E-state index is 0.269. The van der Waals surface area contributed by atoms with E-state index in [4.69, 9.17) is 0 Å². The zero-order chi connectivity index (χ0) is 23.7. The molecule has 8 nitrogen and oxygen atoms in total. The molecular weight excluding hydrogens is 418 g/mol. The lowest BCUT2D eigenvalue weighted by atomic mass is 10.0. The monoisotopic (exact) mass is 443 g/mol. The quantitative estimate of drug-likeness (QED) is 0.556. The summed E-state index contributed by atoms with van der Waals surface area (Å²) >= 11 is 0. The van der Waals surface area contributed by atoms with E-state index in [1.54, 1.807) is 48.5 Å². The Morgan fingerprint density at radius 3 is 1.88 bits per heavy atom. The summed E-state index contributed by atoms with van der Waals surface area (Å²) < 4.78 is 0. The van der Waals surface area contributed by atoms with Crippen LogP contribution < -0.4 is 10.6 Å². The highest BCUT2D eigenvalue weighted by Gasteiger charge is 2.43. The van der Waals surface area contributed by atoms with E-state index < -0.39 is 23.8 Å². The number of benzene rings is 2. The summed E-state index contributed by atoms with van der Waals surface area (Å²) in [5.74, 6) is -1.09. The van der Waals surface area contributed by atoms with E-state index in [0.29, 0.717) is 22.8 Å². The van der Waals surface area contributed by atoms with Gasteiger partial charge in [-0.25, -0.2) is 9.97 Å². The zero-order valence-electron chi connectivity index (χ0n) is 18.9. The molecule has 8 heteroatoms. The van der Waals surface area contributed by atoms with Crippen LogP contribution >= 0.6 is 0 Å². The van der Waals surface area contributed by atoms with E-state index in [1.807, 2.05) is 33.8 Å². The molecule has 1 unspecified atom stereocenters. The van der Waals surface area contributed by atoms with E-state index in [1.165, 1.54) is 0 Å². The number of fused-ring (bicyclic) bond motifs is 1. The van der Waals surface area contributed by atoms with Gasteiger partial charge in [-0.3, -0.25) is 19.3 Å². The van der Waals surface area contributed by atoms with E-state index in [0.717, 1.165) is 22.0 Å². The molecule has 0 saturated carbocycles. The Labute approximate surface area is 192 Å². The summed E-state index contributed by atoms with van der Waals surface area (Å²) in [6, 6.07) is 14.7. The van der Waals surface area contributed by atoms with E-state index in [9.17, 15) is 14.4 Å². The maximum absolute atomic E-state index is 13.1. The van der Waals surface area contributed by atoms with Gasteiger partial charge >= 0.3 is 0 Å². The lowest BCUT2D eigenvalue weighted by molar-refractivity contribution is -0.121. The molecule has 1 aliphatic rings. The van der Waals surface area contributed by atoms with Crippen molar-refractivity contribution < 1.29 is 14.4 Å². The van der Waals surface area contributed by atoms with Crippen LogP contribution in [0.3, 0.4) is 0 Å². The normalized spacial score (nSPS) is 13.8. The number of hydrogen-bond acceptors (Lipinski definition) is 6. The number of aromatic nitrogens is 2. The highest BCUT2D eigenvalue weighted by Crippen LogP contribution is 2.28. The molecular formula is C25H25N5O3. The van der Waals surface area contributed by atoms with Gasteiger partial charge in [0.15, 0.2) is 0 Å². The van der Waals surface area contributed by atoms with Gasteiger partial charge in [0, 0.05) is 22.8 Å². The Bertz CT molecular complexity index is 1180. The molecule has 2 heterocycles. The molecule has 0 spiro atoms. The number of imide groups is 1. The third kappa shape index (κ3) is 4.45. The van der Waals surface area contributed by atoms with Crippen molar-refractivity contribution in [1.82, 2.24) is 14.9 Å². The fourth-order valence-electron chi connectivity index (χ4n) is 3.94. The standard InChI is InChI=1S/C25H25N5O3/c1-14(2)21(30-23(32)19-7-5-6-8-20(19)24(30)33)22(31)28-17-9-11-18(12-10-17)29-25-26-15(3)13-16(4)27-25/h5-14,21H,1-4H3,(H,28,31)(H,26,27,29). The maximum Gasteiger partial charge on any atom is 0.262 e. The number of carbonyl (C=O) groups excluding carboxylic acids is 3. The first-order valence-electron chi connectivity index (χ1n) is 10.7. The third-order valence-corrected chi connectivity index (χ3v) is 5.39. The molecule has 1 aromatic heterocycles. The summed E-state index contributed by atoms with van der Waals surface area (Å²) in [4.78, 5) is 48.7. The van der Waals surface area contributed by atoms with Crippen LogP contribution in [0.25, 0.3) is 0 Å². The number of aryl methyl sites for hydroxylation is 2. The van der Waals surface area contributed by atoms with Gasteiger partial charge in [0.1, 0.15) is 6.04 Å². The number of anilines is 3. The second-order valence-electron chi connectivity index (χ2n) is 8.38. The third-order valence-electron chi connectivity index (χ3n) is 5.39. The smallest absolute Gasteiger partial charge is 0.262 e. The minimum atomic E-state index is -0.932. The first-order chi connectivity index (χ1) is 15.7. The maximum atomic E-state index is 13.1. The molecule has 0 bridgehead atoms. The topological polar surface area (TPSA) is 104 Å². The molecule has 0 fully saturated rings. The molecule has 0 saturated heterocycles. The molecule has 33 heavy (non-hydrogen) atoms. The van der Waals surface area contributed by atoms with Gasteiger partial charge in [0.25, 0.3) is 11.8 Å². The van der Waals surface area contributed by atoms with Gasteiger partial charge in [-0.2, -0.15) is 0 Å². The Hall–Kier alpha value is -4.07. The number of nitrogens with one attached hydrogen (secondary N) is 2. The van der Waals surface area contributed by atoms with Crippen molar-refractivity contribution in [3.63, 3.8) is 0 Å². The predicted octanol–water partition coefficient (Wildman–Crippen LogP) is 4.10. The molecule has 3 aromatic rings. The number of carbonyl (C=O) groups is 3. The average molecular weight is 444 g/mol. The first-order valence-corrected chi connectivity index (χ1v) is 10.7. The van der Waals surface area contributed by atoms with E-state index in [2.05, 4.69) is 20.6 Å². The predicted molar refractivity (Wildman–Crippen MR) is 125 cm³/mol. The van der Waals surface area contributed by atoms with Crippen LogP contribution in [0.1, 0.15) is 46.0 Å². The summed E-state index contributed by atoms with van der Waals surface area (Å²) in [5, 5.41) is 5.97. The van der Waals surface area contributed by atoms with Gasteiger partial charge in [-0.1, -0.05) is 26.0 Å². The molecule has 1 aliphatic heterocycles. The van der Waals surface area contributed by atoms with Gasteiger partial charge in [-0.05, 0) is 62.2 Å². The molecule has 2 N–H and O–H groups in total. The second-order valence-corrected chi connectivity index (χ2v) is 8.38. The lowest BCUT2D eigenvalue weighted by Crippen LogP contribution is -2.50. The molecule has 0 aliphatic carbocycles. The molecule has 0 radical (unpaired) electrons. The van der Waals surface area contributed by atoms with Crippen molar-refractivity contribution in [2.75, 3.05) is 10.6 Å². The first kappa shape index (κ1) is 22.1. The Morgan fingerprint density at radius 1 is 0.848 bits per heavy atom. The summed E-state index contributed by atoms with van der Waals surface area (Å²) in [6.07, 6.45) is 0. The highest BCUT2D eigenvalue weighted by atomic mass is 16.2. The molecule has 1 atom stereocenters. The molecule has 3 amide bonds. The van der Waals surface area contributed by atoms with Crippen LogP contribution in [-0.4, -0.2) is 38.6 Å². The number of amides is 3. The van der Waals surface area contributed by atoms with Crippen molar-refractivity contribution in [3.05, 3.63) is 77.1 Å². The highest BCUT2D eigenvalue weighted by molar-refractivity contribution is 6.23. The van der Waals surface area contributed by atoms with E-state index in [-0.39, 0.29) is 5.92 Å². The fraction of sp³-hybridized carbons (Fsp3) is 0.240. The van der Waals surface area contributed by atoms with Crippen LogP contribution in [0.2, 0.25) is 0 Å². The minimum Gasteiger partial charge on any atom is -0.324 e. The average Bonchev–Trinajstić information content (AvgIpc) is 3.00. The number of hydrogen-bond donors (Lipinski definition) is 2. The number of rotatable bonds is 6. The molecule has 2 aromatic carbocycles. The van der Waals surface area contributed by atoms with Crippen LogP contribution in [0.4, 0.5) is 17.3 Å². The SMILES string of the molecule is Cc1cc(C)nc(Nc2ccc(NC(=O)C(C(C)C)N3C(=O)c4ccccc4C3=O)cc2)n1. The van der Waals surface area contributed by atoms with Gasteiger partial charge < -0.3 is 10.6 Å². The molecule has 168 valence electrons. The van der Waals surface area contributed by atoms with Crippen molar-refractivity contribution in [2.45, 2.75) is 33.7 Å². The van der Waals surface area contributed by atoms with Crippen molar-refractivity contribution in [2.24, 2.45) is 5.92 Å². The largest absolute Gasteiger partial charge is 0.324 e. The zero-order valence-corrected chi connectivity index (χ0v) is 18.9. The van der Waals surface area contributed by atoms with Gasteiger partial charge in [0.05, 0.1) is 11.1 Å². The summed E-state index contributed by atoms with van der Waals surface area (Å²) in [6.45, 7) is 7.42. The molecule has 4 rings (SSSR count). The lowest BCUT2D eigenvalue weighted by Gasteiger charge is -2.28. The number of nitrogens with zero attached hydrogens (tertiary/aromatic N) is 3. The van der Waals surface area contributed by atoms with Crippen LogP contribution in [0, 0.1) is 19.8 Å². The van der Waals surface area contributed by atoms with Crippen LogP contribution in [0.15, 0.2) is 54.6 Å². The fourth-order valence-corrected chi connectivity index (χ4v) is 3.94. The Balaban J connectivity index is 1.49. The van der Waals surface area contributed by atoms with Gasteiger partial charge in [-0.15, -0.1) is 0 Å². The van der Waals surface area contributed by atoms with Crippen molar-refractivity contribution >= 4 is 35.0 Å². The summed E-state index contributed by atoms with van der Waals surface area (Å²) in [5.41, 5.74) is 3.69. The van der Waals surface area contributed by atoms with Gasteiger partial charge in [0.2, 0.25) is 11.9 Å². The van der Waals surface area contributed by atoms with Crippen molar-refractivity contribution in [1.29, 1.82) is 0 Å². The second kappa shape index (κ2) is 8.82. The van der Waals surface area contributed by atoms with Crippen LogP contribution in [-0.2, 0) is 4.79 Å². The Morgan fingerprint density at radius 2 is 1.36 bits per heavy atom. The summed E-state index contributed by atoms with van der Waals surface area (Å²) in [7, 11) is 0.